The molecule has 1 aliphatic carbocycles. The molecule has 6 heteroatoms. The third kappa shape index (κ3) is 1.66. The van der Waals surface area contributed by atoms with E-state index in [2.05, 4.69) is 33.2 Å². The van der Waals surface area contributed by atoms with Gasteiger partial charge in [-0.3, -0.25) is 15.4 Å². The van der Waals surface area contributed by atoms with Gasteiger partial charge in [0.25, 0.3) is 0 Å². The van der Waals surface area contributed by atoms with Crippen LogP contribution in [-0.4, -0.2) is 21.7 Å². The Hall–Kier alpha value is -0.860. The van der Waals surface area contributed by atoms with Crippen LogP contribution in [0.3, 0.4) is 0 Å². The quantitative estimate of drug-likeness (QED) is 0.357. The second kappa shape index (κ2) is 3.91. The zero-order valence-corrected chi connectivity index (χ0v) is 13.5. The van der Waals surface area contributed by atoms with E-state index in [0.717, 1.165) is 42.4 Å². The van der Waals surface area contributed by atoms with Gasteiger partial charge in [0.05, 0.1) is 6.17 Å². The number of hydrogen-bond acceptors (Lipinski definition) is 5. The summed E-state index contributed by atoms with van der Waals surface area (Å²) in [6.45, 7) is 0. The van der Waals surface area contributed by atoms with Crippen LogP contribution in [0.25, 0.3) is 11.2 Å². The molecule has 110 valence electrons. The van der Waals surface area contributed by atoms with Gasteiger partial charge in [-0.15, -0.1) is 0 Å². The molecule has 0 radical (unpaired) electrons. The topological polar surface area (TPSA) is 83.3 Å². The Labute approximate surface area is 135 Å². The highest BCUT2D eigenvalue weighted by Gasteiger charge is 2.75. The molecule has 2 saturated heterocycles. The van der Waals surface area contributed by atoms with Crippen molar-refractivity contribution in [1.82, 2.24) is 10.6 Å². The summed E-state index contributed by atoms with van der Waals surface area (Å²) in [4.78, 5) is 12.6. The van der Waals surface area contributed by atoms with Gasteiger partial charge in [-0.25, -0.2) is 0 Å². The number of rotatable bonds is 4. The van der Waals surface area contributed by atoms with Gasteiger partial charge in [-0.2, -0.15) is 0 Å². The summed E-state index contributed by atoms with van der Waals surface area (Å²) in [5.41, 5.74) is 2.10. The maximum Gasteiger partial charge on any atom is 0.323 e. The number of hydrogen-bond donors (Lipinski definition) is 2. The van der Waals surface area contributed by atoms with Crippen LogP contribution in [0.2, 0.25) is 0 Å². The molecular weight excluding hydrogens is 383 g/mol. The lowest BCUT2D eigenvalue weighted by atomic mass is 9.92. The van der Waals surface area contributed by atoms with Gasteiger partial charge in [0, 0.05) is 5.56 Å². The first-order chi connectivity index (χ1) is 10.1. The van der Waals surface area contributed by atoms with E-state index in [1.54, 1.807) is 0 Å². The van der Waals surface area contributed by atoms with E-state index in [4.69, 9.17) is 9.15 Å². The third-order valence-corrected chi connectivity index (χ3v) is 6.53. The fourth-order valence-corrected chi connectivity index (χ4v) is 4.48. The van der Waals surface area contributed by atoms with Crippen molar-refractivity contribution < 1.29 is 13.9 Å². The monoisotopic (exact) mass is 398 g/mol. The van der Waals surface area contributed by atoms with Crippen LogP contribution in [0.5, 0.6) is 0 Å². The number of benzene rings is 1. The van der Waals surface area contributed by atoms with E-state index in [0.29, 0.717) is 6.17 Å². The van der Waals surface area contributed by atoms with Gasteiger partial charge in [0.15, 0.2) is 0 Å². The van der Waals surface area contributed by atoms with E-state index in [1.807, 2.05) is 18.2 Å². The Morgan fingerprint density at radius 3 is 2.62 bits per heavy atom. The summed E-state index contributed by atoms with van der Waals surface area (Å²) in [7, 11) is 0. The van der Waals surface area contributed by atoms with Crippen molar-refractivity contribution in [1.29, 1.82) is 0 Å². The van der Waals surface area contributed by atoms with Gasteiger partial charge in [0.1, 0.15) is 26.4 Å². The predicted octanol–water partition coefficient (Wildman–Crippen LogP) is 2.22. The van der Waals surface area contributed by atoms with Crippen LogP contribution < -0.4 is 10.6 Å². The number of carbonyl (C=O) groups is 1. The Morgan fingerprint density at radius 1 is 1.38 bits per heavy atom. The third-order valence-electron chi connectivity index (χ3n) is 5.04. The number of esters is 1. The zero-order chi connectivity index (χ0) is 14.2. The molecular formula is C15H15IN2O3. The van der Waals surface area contributed by atoms with Crippen LogP contribution in [-0.2, 0) is 15.1 Å². The molecule has 4 heterocycles. The molecule has 3 fully saturated rings. The number of nitrogens with one attached hydrogen (secondary N) is 2. The maximum absolute atomic E-state index is 12.6. The molecule has 0 spiro atoms. The summed E-state index contributed by atoms with van der Waals surface area (Å²) in [6, 6.07) is 5.96. The predicted molar refractivity (Wildman–Crippen MR) is 84.2 cm³/mol. The van der Waals surface area contributed by atoms with Crippen LogP contribution in [0.1, 0.15) is 31.2 Å². The SMILES string of the molecule is O=C(OC1(c2cc3ccc2o3)CCCC1)C(I)C12NC1N2. The van der Waals surface area contributed by atoms with E-state index < -0.39 is 5.60 Å². The van der Waals surface area contributed by atoms with Gasteiger partial charge in [-0.05, 0) is 43.9 Å². The van der Waals surface area contributed by atoms with Crippen molar-refractivity contribution in [2.24, 2.45) is 0 Å². The van der Waals surface area contributed by atoms with Crippen molar-refractivity contribution in [3.05, 3.63) is 23.8 Å². The highest BCUT2D eigenvalue weighted by Crippen LogP contribution is 2.49. The largest absolute Gasteiger partial charge is 0.457 e. The highest BCUT2D eigenvalue weighted by molar-refractivity contribution is 14.1. The molecule has 5 nitrogen and oxygen atoms in total. The molecule has 2 aromatic rings. The number of alkyl halides is 1. The summed E-state index contributed by atoms with van der Waals surface area (Å²) >= 11 is 2.18. The van der Waals surface area contributed by atoms with Crippen molar-refractivity contribution >= 4 is 39.7 Å². The molecule has 1 unspecified atom stereocenters. The van der Waals surface area contributed by atoms with E-state index in [1.165, 1.54) is 0 Å². The van der Waals surface area contributed by atoms with Gasteiger partial charge in [0.2, 0.25) is 0 Å². The normalized spacial score (nSPS) is 33.9. The molecule has 2 N–H and O–H groups in total. The minimum absolute atomic E-state index is 0.129. The Kier molecular flexibility index (Phi) is 2.36. The van der Waals surface area contributed by atoms with E-state index in [-0.39, 0.29) is 15.6 Å². The summed E-state index contributed by atoms with van der Waals surface area (Å²) in [6.07, 6.45) is 4.27. The second-order valence-electron chi connectivity index (χ2n) is 6.34. The van der Waals surface area contributed by atoms with E-state index >= 15 is 0 Å². The lowest BCUT2D eigenvalue weighted by Crippen LogP contribution is -2.41. The molecule has 1 saturated carbocycles. The molecule has 0 amide bonds. The number of furan rings is 2. The average Bonchev–Trinajstić information content (AvgIpc) is 3.07. The molecule has 5 rings (SSSR count). The van der Waals surface area contributed by atoms with Crippen molar-refractivity contribution in [2.45, 2.75) is 47.0 Å². The Balaban J connectivity index is 1.45. The molecule has 0 aromatic carbocycles. The van der Waals surface area contributed by atoms with Crippen molar-refractivity contribution in [2.75, 3.05) is 0 Å². The minimum atomic E-state index is -0.488. The van der Waals surface area contributed by atoms with Crippen LogP contribution in [0, 0.1) is 0 Å². The maximum atomic E-state index is 12.6. The minimum Gasteiger partial charge on any atom is -0.457 e. The number of halogens is 1. The number of carbonyl (C=O) groups excluding carboxylic acids is 1. The first kappa shape index (κ1) is 12.7. The number of ether oxygens (including phenoxy) is 1. The van der Waals surface area contributed by atoms with E-state index in [9.17, 15) is 4.79 Å². The standard InChI is InChI=1S/C15H15IN2O3/c16-11(15-13(17-15)18-15)12(19)21-14(5-1-2-6-14)9-7-8-3-4-10(9)20-8/h3-4,7,11,13,17-18H,1-2,5-6H2. The van der Waals surface area contributed by atoms with Crippen LogP contribution in [0.4, 0.5) is 0 Å². The molecule has 2 aliphatic heterocycles. The first-order valence-electron chi connectivity index (χ1n) is 7.38. The molecule has 3 aliphatic rings. The van der Waals surface area contributed by atoms with Crippen LogP contribution >= 0.6 is 22.6 Å². The van der Waals surface area contributed by atoms with Crippen molar-refractivity contribution in [3.63, 3.8) is 0 Å². The van der Waals surface area contributed by atoms with Crippen molar-refractivity contribution in [3.8, 4) is 0 Å². The molecule has 2 aromatic heterocycles. The lowest BCUT2D eigenvalue weighted by molar-refractivity contribution is -0.159. The fraction of sp³-hybridized carbons (Fsp3) is 0.533. The molecule has 1 atom stereocenters. The summed E-state index contributed by atoms with van der Waals surface area (Å²) in [5, 5.41) is 6.49. The summed E-state index contributed by atoms with van der Waals surface area (Å²) < 4.78 is 11.5. The number of fused-ring (bicyclic) bond motifs is 3. The zero-order valence-electron chi connectivity index (χ0n) is 11.3. The summed E-state index contributed by atoms with van der Waals surface area (Å²) in [5.74, 6) is -0.129. The molecule has 2 bridgehead atoms. The second-order valence-corrected chi connectivity index (χ2v) is 7.58. The smallest absolute Gasteiger partial charge is 0.323 e. The fourth-order valence-electron chi connectivity index (χ4n) is 3.63. The molecule has 21 heavy (non-hydrogen) atoms. The average molecular weight is 398 g/mol. The van der Waals surface area contributed by atoms with Crippen LogP contribution in [0.15, 0.2) is 22.6 Å². The Bertz CT molecular complexity index is 715. The Morgan fingerprint density at radius 2 is 2.10 bits per heavy atom. The highest BCUT2D eigenvalue weighted by atomic mass is 127. The lowest BCUT2D eigenvalue weighted by Gasteiger charge is -2.30. The van der Waals surface area contributed by atoms with Gasteiger partial charge in [-0.1, -0.05) is 22.6 Å². The van der Waals surface area contributed by atoms with Gasteiger partial charge < -0.3 is 9.15 Å². The van der Waals surface area contributed by atoms with Gasteiger partial charge >= 0.3 is 5.97 Å². The first-order valence-corrected chi connectivity index (χ1v) is 8.62.